The van der Waals surface area contributed by atoms with E-state index >= 15 is 0 Å². The van der Waals surface area contributed by atoms with E-state index in [0.29, 0.717) is 27.6 Å². The quantitative estimate of drug-likeness (QED) is 0.362. The molecule has 0 aliphatic rings. The van der Waals surface area contributed by atoms with Crippen LogP contribution in [0.15, 0.2) is 63.5 Å². The van der Waals surface area contributed by atoms with E-state index in [1.165, 1.54) is 51.5 Å². The van der Waals surface area contributed by atoms with Gasteiger partial charge in [0.05, 0.1) is 16.8 Å². The van der Waals surface area contributed by atoms with Gasteiger partial charge in [-0.3, -0.25) is 4.79 Å². The summed E-state index contributed by atoms with van der Waals surface area (Å²) in [5.41, 5.74) is 4.21. The van der Waals surface area contributed by atoms with E-state index in [1.54, 1.807) is 12.1 Å². The number of aromatic amines is 1. The van der Waals surface area contributed by atoms with E-state index in [1.807, 2.05) is 6.92 Å². The van der Waals surface area contributed by atoms with Gasteiger partial charge in [-0.05, 0) is 49.2 Å². The highest BCUT2D eigenvalue weighted by molar-refractivity contribution is 7.98. The topological polar surface area (TPSA) is 124 Å². The molecule has 0 atom stereocenters. The first-order valence-corrected chi connectivity index (χ1v) is 11.6. The van der Waals surface area contributed by atoms with Crippen molar-refractivity contribution in [2.75, 3.05) is 0 Å². The number of nitrogens with one attached hydrogen (secondary N) is 1. The number of H-pyrrole nitrogens is 1. The van der Waals surface area contributed by atoms with Crippen molar-refractivity contribution < 1.29 is 8.42 Å². The Bertz CT molecular complexity index is 1410. The van der Waals surface area contributed by atoms with Gasteiger partial charge in [0.2, 0.25) is 10.0 Å². The third kappa shape index (κ3) is 4.02. The number of hydrogen-bond donors (Lipinski definition) is 2. The van der Waals surface area contributed by atoms with Crippen LogP contribution >= 0.6 is 11.8 Å². The highest BCUT2D eigenvalue weighted by Crippen LogP contribution is 2.23. The largest absolute Gasteiger partial charge is 0.301 e. The lowest BCUT2D eigenvalue weighted by atomic mass is 10.1. The minimum absolute atomic E-state index is 0.00159. The molecule has 0 saturated carbocycles. The van der Waals surface area contributed by atoms with Crippen molar-refractivity contribution in [2.45, 2.75) is 29.7 Å². The fraction of sp³-hybridized carbons (Fsp3) is 0.150. The van der Waals surface area contributed by atoms with Crippen molar-refractivity contribution in [1.82, 2.24) is 19.7 Å². The van der Waals surface area contributed by atoms with E-state index in [0.717, 1.165) is 0 Å². The molecule has 0 amide bonds. The molecule has 0 spiro atoms. The molecule has 2 heterocycles. The number of nitrogens with two attached hydrogens (primary N) is 1. The van der Waals surface area contributed by atoms with Crippen LogP contribution in [0.1, 0.15) is 16.7 Å². The molecule has 0 aliphatic heterocycles. The molecule has 4 aromatic rings. The Kier molecular flexibility index (Phi) is 5.22. The lowest BCUT2D eigenvalue weighted by Gasteiger charge is -2.07. The van der Waals surface area contributed by atoms with Crippen molar-refractivity contribution in [2.24, 2.45) is 5.14 Å². The molecule has 0 radical (unpaired) electrons. The lowest BCUT2D eigenvalue weighted by molar-refractivity contribution is 0.598. The van der Waals surface area contributed by atoms with Gasteiger partial charge in [-0.1, -0.05) is 35.5 Å². The number of thioether (sulfide) groups is 1. The maximum Gasteiger partial charge on any atom is 0.262 e. The third-order valence-corrected chi connectivity index (χ3v) is 6.55. The molecule has 2 aromatic carbocycles. The fourth-order valence-corrected chi connectivity index (χ4v) is 4.47. The molecule has 10 heteroatoms. The zero-order valence-electron chi connectivity index (χ0n) is 16.3. The summed E-state index contributed by atoms with van der Waals surface area (Å²) in [5.74, 6) is 0.666. The average molecular weight is 442 g/mol. The fourth-order valence-electron chi connectivity index (χ4n) is 3.03. The van der Waals surface area contributed by atoms with Gasteiger partial charge in [0.15, 0.2) is 10.8 Å². The van der Waals surface area contributed by atoms with Gasteiger partial charge in [-0.15, -0.1) is 0 Å². The molecule has 2 aromatic heterocycles. The van der Waals surface area contributed by atoms with E-state index in [-0.39, 0.29) is 10.5 Å². The van der Waals surface area contributed by atoms with E-state index in [2.05, 4.69) is 40.2 Å². The number of aryl methyl sites for hydroxylation is 2. The van der Waals surface area contributed by atoms with Gasteiger partial charge in [0.1, 0.15) is 5.39 Å². The van der Waals surface area contributed by atoms with Crippen LogP contribution in [0, 0.1) is 13.8 Å². The van der Waals surface area contributed by atoms with Crippen molar-refractivity contribution in [1.29, 1.82) is 0 Å². The summed E-state index contributed by atoms with van der Waals surface area (Å²) in [4.78, 5) is 19.9. The maximum absolute atomic E-state index is 12.5. The van der Waals surface area contributed by atoms with Crippen molar-refractivity contribution in [3.63, 3.8) is 0 Å². The summed E-state index contributed by atoms with van der Waals surface area (Å²) in [6.45, 7) is 4.09. The lowest BCUT2D eigenvalue weighted by Crippen LogP contribution is -2.12. The Balaban J connectivity index is 1.69. The minimum atomic E-state index is -3.79. The van der Waals surface area contributed by atoms with Crippen LogP contribution < -0.4 is 10.7 Å². The Morgan fingerprint density at radius 1 is 1.13 bits per heavy atom. The van der Waals surface area contributed by atoms with Crippen LogP contribution in [0.25, 0.3) is 16.7 Å². The number of sulfonamides is 1. The molecule has 0 bridgehead atoms. The Morgan fingerprint density at radius 3 is 2.57 bits per heavy atom. The number of fused-ring (bicyclic) bond motifs is 1. The molecule has 0 unspecified atom stereocenters. The molecular weight excluding hydrogens is 422 g/mol. The summed E-state index contributed by atoms with van der Waals surface area (Å²) in [6.07, 6.45) is 1.44. The van der Waals surface area contributed by atoms with E-state index in [4.69, 9.17) is 5.14 Å². The molecular formula is C20H19N5O3S2. The second kappa shape index (κ2) is 7.71. The molecule has 3 N–H and O–H groups in total. The molecule has 8 nitrogen and oxygen atoms in total. The summed E-state index contributed by atoms with van der Waals surface area (Å²) in [6, 6.07) is 12.2. The van der Waals surface area contributed by atoms with Crippen LogP contribution in [0.4, 0.5) is 0 Å². The Labute approximate surface area is 177 Å². The van der Waals surface area contributed by atoms with Crippen LogP contribution in [0.3, 0.4) is 0 Å². The highest BCUT2D eigenvalue weighted by Gasteiger charge is 2.14. The predicted octanol–water partition coefficient (Wildman–Crippen LogP) is 2.67. The van der Waals surface area contributed by atoms with Gasteiger partial charge in [0, 0.05) is 5.75 Å². The molecule has 0 fully saturated rings. The molecule has 30 heavy (non-hydrogen) atoms. The molecule has 0 aliphatic carbocycles. The summed E-state index contributed by atoms with van der Waals surface area (Å²) in [5, 5.41) is 10.2. The van der Waals surface area contributed by atoms with Crippen LogP contribution in [-0.4, -0.2) is 28.2 Å². The standard InChI is InChI=1S/C20H19N5O3S2/c1-12-3-4-13(2)14(9-12)11-29-20-23-18-17(19(26)24-20)10-22-25(18)15-5-7-16(8-6-15)30(21,27)28/h3-10H,11H2,1-2H3,(H2,21,27,28)(H,23,24,26). The smallest absolute Gasteiger partial charge is 0.262 e. The number of aromatic nitrogens is 4. The minimum Gasteiger partial charge on any atom is -0.301 e. The summed E-state index contributed by atoms with van der Waals surface area (Å²) in [7, 11) is -3.79. The Hall–Kier alpha value is -2.95. The second-order valence-electron chi connectivity index (χ2n) is 6.92. The Morgan fingerprint density at radius 2 is 1.87 bits per heavy atom. The maximum atomic E-state index is 12.5. The predicted molar refractivity (Wildman–Crippen MR) is 116 cm³/mol. The zero-order chi connectivity index (χ0) is 21.5. The normalized spacial score (nSPS) is 11.8. The number of rotatable bonds is 5. The number of nitrogens with zero attached hydrogens (tertiary/aromatic N) is 3. The van der Waals surface area contributed by atoms with Crippen LogP contribution in [-0.2, 0) is 15.8 Å². The number of benzene rings is 2. The first-order chi connectivity index (χ1) is 14.2. The number of hydrogen-bond acceptors (Lipinski definition) is 6. The van der Waals surface area contributed by atoms with Gasteiger partial charge < -0.3 is 4.98 Å². The van der Waals surface area contributed by atoms with Gasteiger partial charge in [-0.25, -0.2) is 23.2 Å². The third-order valence-electron chi connectivity index (χ3n) is 4.70. The van der Waals surface area contributed by atoms with Gasteiger partial charge in [0.25, 0.3) is 5.56 Å². The summed E-state index contributed by atoms with van der Waals surface area (Å²) < 4.78 is 24.4. The molecule has 4 rings (SSSR count). The molecule has 0 saturated heterocycles. The van der Waals surface area contributed by atoms with Crippen molar-refractivity contribution >= 4 is 32.8 Å². The van der Waals surface area contributed by atoms with Crippen molar-refractivity contribution in [3.8, 4) is 5.69 Å². The first kappa shape index (κ1) is 20.3. The van der Waals surface area contributed by atoms with Gasteiger partial charge >= 0.3 is 0 Å². The van der Waals surface area contributed by atoms with E-state index in [9.17, 15) is 13.2 Å². The van der Waals surface area contributed by atoms with Crippen LogP contribution in [0.2, 0.25) is 0 Å². The van der Waals surface area contributed by atoms with E-state index < -0.39 is 10.0 Å². The summed E-state index contributed by atoms with van der Waals surface area (Å²) >= 11 is 1.43. The molecule has 154 valence electrons. The zero-order valence-corrected chi connectivity index (χ0v) is 17.9. The SMILES string of the molecule is Cc1ccc(C)c(CSc2nc3c(cnn3-c3ccc(S(N)(=O)=O)cc3)c(=O)[nH]2)c1. The van der Waals surface area contributed by atoms with Crippen molar-refractivity contribution in [3.05, 3.63) is 75.7 Å². The highest BCUT2D eigenvalue weighted by atomic mass is 32.2. The number of primary sulfonamides is 1. The monoisotopic (exact) mass is 441 g/mol. The van der Waals surface area contributed by atoms with Gasteiger partial charge in [-0.2, -0.15) is 5.10 Å². The first-order valence-electron chi connectivity index (χ1n) is 9.02. The average Bonchev–Trinajstić information content (AvgIpc) is 3.13. The van der Waals surface area contributed by atoms with Crippen LogP contribution in [0.5, 0.6) is 0 Å². The second-order valence-corrected chi connectivity index (χ2v) is 9.45.